The Morgan fingerprint density at radius 2 is 2.18 bits per heavy atom. The van der Waals surface area contributed by atoms with Gasteiger partial charge >= 0.3 is 0 Å². The minimum absolute atomic E-state index is 0.462. The van der Waals surface area contributed by atoms with Crippen LogP contribution < -0.4 is 5.32 Å². The summed E-state index contributed by atoms with van der Waals surface area (Å²) in [7, 11) is 0. The molecule has 0 aliphatic heterocycles. The van der Waals surface area contributed by atoms with Gasteiger partial charge in [0.15, 0.2) is 0 Å². The van der Waals surface area contributed by atoms with E-state index in [2.05, 4.69) is 34.9 Å². The van der Waals surface area contributed by atoms with Gasteiger partial charge in [0.2, 0.25) is 0 Å². The minimum atomic E-state index is 0.462. The van der Waals surface area contributed by atoms with Crippen molar-refractivity contribution in [2.24, 2.45) is 5.92 Å². The summed E-state index contributed by atoms with van der Waals surface area (Å²) < 4.78 is 2.33. The van der Waals surface area contributed by atoms with E-state index in [0.717, 1.165) is 19.0 Å². The van der Waals surface area contributed by atoms with Crippen LogP contribution in [0.15, 0.2) is 12.4 Å². The SMILES string of the molecule is CCCn1ccnc1C(NCC)C1CCCC1. The molecule has 1 N–H and O–H groups in total. The highest BCUT2D eigenvalue weighted by Crippen LogP contribution is 2.35. The largest absolute Gasteiger partial charge is 0.334 e. The first-order chi connectivity index (χ1) is 8.36. The summed E-state index contributed by atoms with van der Waals surface area (Å²) in [5.74, 6) is 2.04. The molecule has 1 aliphatic rings. The third-order valence-corrected chi connectivity index (χ3v) is 3.79. The Labute approximate surface area is 105 Å². The van der Waals surface area contributed by atoms with Gasteiger partial charge in [-0.2, -0.15) is 0 Å². The van der Waals surface area contributed by atoms with Gasteiger partial charge in [0.1, 0.15) is 5.82 Å². The fraction of sp³-hybridized carbons (Fsp3) is 0.786. The van der Waals surface area contributed by atoms with Gasteiger partial charge in [-0.25, -0.2) is 4.98 Å². The summed E-state index contributed by atoms with van der Waals surface area (Å²) in [6.45, 7) is 6.53. The van der Waals surface area contributed by atoms with E-state index >= 15 is 0 Å². The molecule has 0 saturated heterocycles. The van der Waals surface area contributed by atoms with Crippen molar-refractivity contribution in [3.8, 4) is 0 Å². The van der Waals surface area contributed by atoms with E-state index in [-0.39, 0.29) is 0 Å². The minimum Gasteiger partial charge on any atom is -0.334 e. The van der Waals surface area contributed by atoms with Crippen molar-refractivity contribution in [3.05, 3.63) is 18.2 Å². The first kappa shape index (κ1) is 12.6. The fourth-order valence-electron chi connectivity index (χ4n) is 3.01. The van der Waals surface area contributed by atoms with Crippen molar-refractivity contribution in [2.75, 3.05) is 6.54 Å². The second-order valence-corrected chi connectivity index (χ2v) is 5.06. The molecule has 3 nitrogen and oxygen atoms in total. The molecule has 1 atom stereocenters. The number of hydrogen-bond donors (Lipinski definition) is 1. The molecule has 3 heteroatoms. The fourth-order valence-corrected chi connectivity index (χ4v) is 3.01. The molecule has 0 amide bonds. The van der Waals surface area contributed by atoms with Gasteiger partial charge in [0.05, 0.1) is 6.04 Å². The molecule has 0 bridgehead atoms. The lowest BCUT2D eigenvalue weighted by Gasteiger charge is -2.24. The topological polar surface area (TPSA) is 29.9 Å². The van der Waals surface area contributed by atoms with E-state index in [0.29, 0.717) is 6.04 Å². The Hall–Kier alpha value is -0.830. The summed E-state index contributed by atoms with van der Waals surface area (Å²) in [4.78, 5) is 4.60. The van der Waals surface area contributed by atoms with Gasteiger partial charge < -0.3 is 9.88 Å². The third-order valence-electron chi connectivity index (χ3n) is 3.79. The van der Waals surface area contributed by atoms with Crippen LogP contribution in [0.4, 0.5) is 0 Å². The number of imidazole rings is 1. The Kier molecular flexibility index (Phi) is 4.60. The summed E-state index contributed by atoms with van der Waals surface area (Å²) >= 11 is 0. The molecule has 1 saturated carbocycles. The van der Waals surface area contributed by atoms with Crippen LogP contribution in [0.3, 0.4) is 0 Å². The molecule has 2 rings (SSSR count). The highest BCUT2D eigenvalue weighted by molar-refractivity contribution is 5.02. The smallest absolute Gasteiger partial charge is 0.126 e. The Bertz CT molecular complexity index is 326. The van der Waals surface area contributed by atoms with Crippen molar-refractivity contribution >= 4 is 0 Å². The van der Waals surface area contributed by atoms with E-state index < -0.39 is 0 Å². The monoisotopic (exact) mass is 235 g/mol. The number of aryl methyl sites for hydroxylation is 1. The zero-order chi connectivity index (χ0) is 12.1. The number of aromatic nitrogens is 2. The molecule has 0 spiro atoms. The average molecular weight is 235 g/mol. The normalized spacial score (nSPS) is 18.7. The summed E-state index contributed by atoms with van der Waals surface area (Å²) in [5, 5.41) is 3.64. The number of hydrogen-bond acceptors (Lipinski definition) is 2. The molecule has 96 valence electrons. The maximum atomic E-state index is 4.60. The maximum Gasteiger partial charge on any atom is 0.126 e. The van der Waals surface area contributed by atoms with Crippen LogP contribution in [0.2, 0.25) is 0 Å². The predicted octanol–water partition coefficient (Wildman–Crippen LogP) is 3.13. The molecule has 1 unspecified atom stereocenters. The van der Waals surface area contributed by atoms with Crippen LogP contribution in [0.5, 0.6) is 0 Å². The first-order valence-corrected chi connectivity index (χ1v) is 7.11. The van der Waals surface area contributed by atoms with Crippen LogP contribution >= 0.6 is 0 Å². The molecule has 17 heavy (non-hydrogen) atoms. The van der Waals surface area contributed by atoms with Gasteiger partial charge in [-0.15, -0.1) is 0 Å². The summed E-state index contributed by atoms with van der Waals surface area (Å²) in [6.07, 6.45) is 10.7. The van der Waals surface area contributed by atoms with E-state index in [4.69, 9.17) is 0 Å². The van der Waals surface area contributed by atoms with Crippen LogP contribution in [0.25, 0.3) is 0 Å². The van der Waals surface area contributed by atoms with Gasteiger partial charge in [-0.05, 0) is 31.7 Å². The van der Waals surface area contributed by atoms with Crippen molar-refractivity contribution in [1.82, 2.24) is 14.9 Å². The molecule has 1 heterocycles. The first-order valence-electron chi connectivity index (χ1n) is 7.11. The maximum absolute atomic E-state index is 4.60. The lowest BCUT2D eigenvalue weighted by molar-refractivity contribution is 0.348. The predicted molar refractivity (Wildman–Crippen MR) is 70.9 cm³/mol. The second kappa shape index (κ2) is 6.20. The second-order valence-electron chi connectivity index (χ2n) is 5.06. The highest BCUT2D eigenvalue weighted by Gasteiger charge is 2.28. The van der Waals surface area contributed by atoms with Gasteiger partial charge in [-0.3, -0.25) is 0 Å². The number of nitrogens with zero attached hydrogens (tertiary/aromatic N) is 2. The standard InChI is InChI=1S/C14H25N3/c1-3-10-17-11-9-16-14(17)13(15-4-2)12-7-5-6-8-12/h9,11-13,15H,3-8,10H2,1-2H3. The van der Waals surface area contributed by atoms with Gasteiger partial charge in [-0.1, -0.05) is 26.7 Å². The lowest BCUT2D eigenvalue weighted by atomic mass is 9.97. The Balaban J connectivity index is 2.15. The summed E-state index contributed by atoms with van der Waals surface area (Å²) in [5.41, 5.74) is 0. The van der Waals surface area contributed by atoms with E-state index in [1.54, 1.807) is 0 Å². The van der Waals surface area contributed by atoms with Crippen molar-refractivity contribution in [1.29, 1.82) is 0 Å². The quantitative estimate of drug-likeness (QED) is 0.821. The van der Waals surface area contributed by atoms with Crippen molar-refractivity contribution < 1.29 is 0 Å². The van der Waals surface area contributed by atoms with Crippen LogP contribution in [-0.4, -0.2) is 16.1 Å². The molecule has 1 aromatic heterocycles. The van der Waals surface area contributed by atoms with Crippen LogP contribution in [0.1, 0.15) is 57.8 Å². The van der Waals surface area contributed by atoms with E-state index in [1.165, 1.54) is 37.9 Å². The third kappa shape index (κ3) is 2.89. The molecule has 0 aromatic carbocycles. The Morgan fingerprint density at radius 3 is 2.82 bits per heavy atom. The van der Waals surface area contributed by atoms with Crippen molar-refractivity contribution in [2.45, 2.75) is 58.5 Å². The summed E-state index contributed by atoms with van der Waals surface area (Å²) in [6, 6.07) is 0.462. The van der Waals surface area contributed by atoms with Crippen LogP contribution in [0, 0.1) is 5.92 Å². The molecule has 1 aromatic rings. The molecular weight excluding hydrogens is 210 g/mol. The molecule has 1 aliphatic carbocycles. The zero-order valence-corrected chi connectivity index (χ0v) is 11.2. The number of rotatable bonds is 6. The highest BCUT2D eigenvalue weighted by atomic mass is 15.1. The number of nitrogens with one attached hydrogen (secondary N) is 1. The van der Waals surface area contributed by atoms with Crippen LogP contribution in [-0.2, 0) is 6.54 Å². The van der Waals surface area contributed by atoms with Crippen molar-refractivity contribution in [3.63, 3.8) is 0 Å². The Morgan fingerprint density at radius 1 is 1.41 bits per heavy atom. The molecule has 0 radical (unpaired) electrons. The lowest BCUT2D eigenvalue weighted by Crippen LogP contribution is -2.29. The molecular formula is C14H25N3. The molecule has 1 fully saturated rings. The van der Waals surface area contributed by atoms with E-state index in [1.807, 2.05) is 6.20 Å². The average Bonchev–Trinajstić information content (AvgIpc) is 2.97. The van der Waals surface area contributed by atoms with Gasteiger partial charge in [0, 0.05) is 18.9 Å². The van der Waals surface area contributed by atoms with Gasteiger partial charge in [0.25, 0.3) is 0 Å². The zero-order valence-electron chi connectivity index (χ0n) is 11.2. The van der Waals surface area contributed by atoms with E-state index in [9.17, 15) is 0 Å².